The molecule has 22 heavy (non-hydrogen) atoms. The van der Waals surface area contributed by atoms with Crippen LogP contribution in [0.2, 0.25) is 0 Å². The third kappa shape index (κ3) is 4.00. The molecule has 0 fully saturated rings. The number of alkyl halides is 2. The van der Waals surface area contributed by atoms with Crippen molar-refractivity contribution in [3.05, 3.63) is 47.5 Å². The van der Waals surface area contributed by atoms with Gasteiger partial charge >= 0.3 is 12.6 Å². The van der Waals surface area contributed by atoms with Gasteiger partial charge in [0.2, 0.25) is 0 Å². The number of benzene rings is 1. The van der Waals surface area contributed by atoms with Crippen molar-refractivity contribution in [2.45, 2.75) is 20.1 Å². The Kier molecular flexibility index (Phi) is 5.03. The number of hydrogen-bond donors (Lipinski definition) is 0. The van der Waals surface area contributed by atoms with Crippen LogP contribution >= 0.6 is 0 Å². The summed E-state index contributed by atoms with van der Waals surface area (Å²) in [6.07, 6.45) is 2.71. The van der Waals surface area contributed by atoms with Gasteiger partial charge in [0.15, 0.2) is 0 Å². The van der Waals surface area contributed by atoms with Gasteiger partial charge in [0.1, 0.15) is 11.6 Å². The molecule has 8 heteroatoms. The highest BCUT2D eigenvalue weighted by Crippen LogP contribution is 2.23. The van der Waals surface area contributed by atoms with Crippen LogP contribution in [0.3, 0.4) is 0 Å². The second-order valence-corrected chi connectivity index (χ2v) is 4.28. The SMILES string of the molecule is CCOC(=O)c1cnn(Cc2ccc(F)cc2OC(F)F)c1. The van der Waals surface area contributed by atoms with Crippen LogP contribution in [-0.4, -0.2) is 29.0 Å². The molecule has 0 saturated carbocycles. The van der Waals surface area contributed by atoms with E-state index in [-0.39, 0.29) is 24.5 Å². The van der Waals surface area contributed by atoms with Crippen molar-refractivity contribution in [1.29, 1.82) is 0 Å². The van der Waals surface area contributed by atoms with Gasteiger partial charge in [0.25, 0.3) is 0 Å². The Morgan fingerprint density at radius 1 is 1.41 bits per heavy atom. The molecule has 1 aromatic heterocycles. The van der Waals surface area contributed by atoms with E-state index in [1.165, 1.54) is 23.1 Å². The van der Waals surface area contributed by atoms with E-state index in [1.807, 2.05) is 0 Å². The summed E-state index contributed by atoms with van der Waals surface area (Å²) in [5.74, 6) is -1.49. The Morgan fingerprint density at radius 2 is 2.18 bits per heavy atom. The van der Waals surface area contributed by atoms with Gasteiger partial charge in [-0.2, -0.15) is 13.9 Å². The van der Waals surface area contributed by atoms with E-state index in [0.717, 1.165) is 12.1 Å². The van der Waals surface area contributed by atoms with Crippen molar-refractivity contribution >= 4 is 5.97 Å². The minimum absolute atomic E-state index is 0.0434. The highest BCUT2D eigenvalue weighted by atomic mass is 19.3. The molecule has 0 atom stereocenters. The molecule has 0 amide bonds. The van der Waals surface area contributed by atoms with Crippen LogP contribution in [0.1, 0.15) is 22.8 Å². The van der Waals surface area contributed by atoms with Gasteiger partial charge in [0, 0.05) is 17.8 Å². The second-order valence-electron chi connectivity index (χ2n) is 4.28. The second kappa shape index (κ2) is 6.97. The maximum absolute atomic E-state index is 13.1. The lowest BCUT2D eigenvalue weighted by atomic mass is 10.2. The van der Waals surface area contributed by atoms with Gasteiger partial charge in [0.05, 0.1) is 24.9 Å². The van der Waals surface area contributed by atoms with Crippen LogP contribution in [0.15, 0.2) is 30.6 Å². The van der Waals surface area contributed by atoms with Gasteiger partial charge in [-0.3, -0.25) is 4.68 Å². The first-order valence-corrected chi connectivity index (χ1v) is 6.42. The maximum atomic E-state index is 13.1. The first-order valence-electron chi connectivity index (χ1n) is 6.42. The lowest BCUT2D eigenvalue weighted by molar-refractivity contribution is -0.0506. The largest absolute Gasteiger partial charge is 0.462 e. The van der Waals surface area contributed by atoms with Gasteiger partial charge in [-0.25, -0.2) is 9.18 Å². The van der Waals surface area contributed by atoms with Crippen LogP contribution in [0.25, 0.3) is 0 Å². The summed E-state index contributed by atoms with van der Waals surface area (Å²) in [5, 5.41) is 3.94. The molecule has 5 nitrogen and oxygen atoms in total. The molecule has 1 heterocycles. The molecule has 0 aliphatic carbocycles. The van der Waals surface area contributed by atoms with E-state index in [0.29, 0.717) is 5.56 Å². The average Bonchev–Trinajstić information content (AvgIpc) is 2.90. The Morgan fingerprint density at radius 3 is 2.86 bits per heavy atom. The Labute approximate surface area is 124 Å². The molecule has 0 aliphatic heterocycles. The summed E-state index contributed by atoms with van der Waals surface area (Å²) in [4.78, 5) is 11.5. The lowest BCUT2D eigenvalue weighted by Crippen LogP contribution is -2.08. The monoisotopic (exact) mass is 314 g/mol. The fourth-order valence-corrected chi connectivity index (χ4v) is 1.81. The quantitative estimate of drug-likeness (QED) is 0.769. The van der Waals surface area contributed by atoms with Crippen molar-refractivity contribution in [1.82, 2.24) is 9.78 Å². The molecular weight excluding hydrogens is 301 g/mol. The van der Waals surface area contributed by atoms with E-state index in [9.17, 15) is 18.0 Å². The Balaban J connectivity index is 2.18. The molecule has 0 N–H and O–H groups in total. The van der Waals surface area contributed by atoms with Gasteiger partial charge in [-0.15, -0.1) is 0 Å². The summed E-state index contributed by atoms with van der Waals surface area (Å²) in [5.41, 5.74) is 0.542. The third-order valence-corrected chi connectivity index (χ3v) is 2.72. The zero-order valence-electron chi connectivity index (χ0n) is 11.6. The minimum atomic E-state index is -3.06. The van der Waals surface area contributed by atoms with Crippen molar-refractivity contribution in [2.24, 2.45) is 0 Å². The molecule has 2 aromatic rings. The van der Waals surface area contributed by atoms with E-state index >= 15 is 0 Å². The topological polar surface area (TPSA) is 53.3 Å². The molecule has 0 bridgehead atoms. The van der Waals surface area contributed by atoms with E-state index in [1.54, 1.807) is 6.92 Å². The number of rotatable bonds is 6. The van der Waals surface area contributed by atoms with E-state index < -0.39 is 18.4 Å². The van der Waals surface area contributed by atoms with Gasteiger partial charge in [-0.05, 0) is 13.0 Å². The molecule has 0 unspecified atom stereocenters. The fourth-order valence-electron chi connectivity index (χ4n) is 1.81. The first kappa shape index (κ1) is 15.9. The summed E-state index contributed by atoms with van der Waals surface area (Å²) in [6.45, 7) is -1.11. The minimum Gasteiger partial charge on any atom is -0.462 e. The van der Waals surface area contributed by atoms with Crippen LogP contribution in [0.4, 0.5) is 13.2 Å². The van der Waals surface area contributed by atoms with Gasteiger partial charge < -0.3 is 9.47 Å². The van der Waals surface area contributed by atoms with Crippen LogP contribution in [0.5, 0.6) is 5.75 Å². The predicted octanol–water partition coefficient (Wildman–Crippen LogP) is 2.85. The standard InChI is InChI=1S/C14H13F3N2O3/c1-2-21-13(20)10-6-18-19(8-10)7-9-3-4-11(15)5-12(9)22-14(16)17/h3-6,8,14H,2,7H2,1H3. The maximum Gasteiger partial charge on any atom is 0.387 e. The van der Waals surface area contributed by atoms with Crippen molar-refractivity contribution in [3.8, 4) is 5.75 Å². The number of aromatic nitrogens is 2. The number of halogens is 3. The van der Waals surface area contributed by atoms with Crippen LogP contribution in [-0.2, 0) is 11.3 Å². The van der Waals surface area contributed by atoms with Crippen molar-refractivity contribution in [2.75, 3.05) is 6.61 Å². The van der Waals surface area contributed by atoms with Crippen LogP contribution < -0.4 is 4.74 Å². The zero-order valence-corrected chi connectivity index (χ0v) is 11.6. The summed E-state index contributed by atoms with van der Waals surface area (Å²) in [6, 6.07) is 3.32. The zero-order chi connectivity index (χ0) is 16.1. The molecule has 0 radical (unpaired) electrons. The molecule has 0 aliphatic rings. The molecule has 118 valence electrons. The number of carbonyl (C=O) groups is 1. The Hall–Kier alpha value is -2.51. The fraction of sp³-hybridized carbons (Fsp3) is 0.286. The average molecular weight is 314 g/mol. The van der Waals surface area contributed by atoms with E-state index in [2.05, 4.69) is 9.84 Å². The predicted molar refractivity (Wildman–Crippen MR) is 70.3 cm³/mol. The van der Waals surface area contributed by atoms with Crippen molar-refractivity contribution < 1.29 is 27.4 Å². The molecule has 1 aromatic carbocycles. The molecule has 0 spiro atoms. The number of esters is 1. The summed E-state index contributed by atoms with van der Waals surface area (Å²) < 4.78 is 48.2. The molecule has 0 saturated heterocycles. The number of ether oxygens (including phenoxy) is 2. The Bertz CT molecular complexity index is 659. The van der Waals surface area contributed by atoms with Gasteiger partial charge in [-0.1, -0.05) is 6.07 Å². The van der Waals surface area contributed by atoms with Crippen molar-refractivity contribution in [3.63, 3.8) is 0 Å². The third-order valence-electron chi connectivity index (χ3n) is 2.72. The summed E-state index contributed by atoms with van der Waals surface area (Å²) in [7, 11) is 0. The number of carbonyl (C=O) groups excluding carboxylic acids is 1. The van der Waals surface area contributed by atoms with E-state index in [4.69, 9.17) is 4.74 Å². The first-order chi connectivity index (χ1) is 10.5. The lowest BCUT2D eigenvalue weighted by Gasteiger charge is -2.10. The molecule has 2 rings (SSSR count). The van der Waals surface area contributed by atoms with Crippen LogP contribution in [0, 0.1) is 5.82 Å². The number of nitrogens with zero attached hydrogens (tertiary/aromatic N) is 2. The highest BCUT2D eigenvalue weighted by Gasteiger charge is 2.14. The smallest absolute Gasteiger partial charge is 0.387 e. The normalized spacial score (nSPS) is 10.8. The summed E-state index contributed by atoms with van der Waals surface area (Å²) >= 11 is 0. The number of hydrogen-bond acceptors (Lipinski definition) is 4. The molecular formula is C14H13F3N2O3. The highest BCUT2D eigenvalue weighted by molar-refractivity contribution is 5.88.